The Bertz CT molecular complexity index is 322. The Labute approximate surface area is 113 Å². The van der Waals surface area contributed by atoms with Gasteiger partial charge in [-0.2, -0.15) is 0 Å². The van der Waals surface area contributed by atoms with Gasteiger partial charge in [0.1, 0.15) is 0 Å². The summed E-state index contributed by atoms with van der Waals surface area (Å²) in [4.78, 5) is 21.8. The number of aliphatic hydroxyl groups excluding tert-OH is 1. The number of carboxylic acid groups (broad SMARTS) is 1. The standard InChI is InChI=1S/C13H24N2O4/c1-13(7-3-2-5-10(13)16)9-15-12(19)14-8-4-6-11(17)18/h10,16H,2-9H2,1H3,(H,17,18)(H2,14,15,19). The van der Waals surface area contributed by atoms with Crippen molar-refractivity contribution in [2.45, 2.75) is 51.6 Å². The topological polar surface area (TPSA) is 98.7 Å². The minimum Gasteiger partial charge on any atom is -0.481 e. The zero-order valence-corrected chi connectivity index (χ0v) is 11.4. The lowest BCUT2D eigenvalue weighted by molar-refractivity contribution is -0.137. The summed E-state index contributed by atoms with van der Waals surface area (Å²) in [6.07, 6.45) is 3.92. The minimum absolute atomic E-state index is 0.0523. The highest BCUT2D eigenvalue weighted by molar-refractivity contribution is 5.74. The van der Waals surface area contributed by atoms with Crippen molar-refractivity contribution in [1.29, 1.82) is 0 Å². The average molecular weight is 272 g/mol. The number of aliphatic hydroxyl groups is 1. The molecule has 2 atom stereocenters. The van der Waals surface area contributed by atoms with E-state index in [2.05, 4.69) is 10.6 Å². The van der Waals surface area contributed by atoms with Crippen molar-refractivity contribution in [2.24, 2.45) is 5.41 Å². The van der Waals surface area contributed by atoms with Crippen LogP contribution < -0.4 is 10.6 Å². The van der Waals surface area contributed by atoms with Crippen LogP contribution in [0, 0.1) is 5.41 Å². The SMILES string of the molecule is CC1(CNC(=O)NCCCC(=O)O)CCCCC1O. The molecule has 1 saturated carbocycles. The zero-order valence-electron chi connectivity index (χ0n) is 11.4. The van der Waals surface area contributed by atoms with Gasteiger partial charge < -0.3 is 20.8 Å². The molecule has 0 saturated heterocycles. The first-order valence-corrected chi connectivity index (χ1v) is 6.85. The molecule has 1 fully saturated rings. The highest BCUT2D eigenvalue weighted by atomic mass is 16.4. The van der Waals surface area contributed by atoms with Gasteiger partial charge in [-0.05, 0) is 19.3 Å². The molecule has 2 unspecified atom stereocenters. The molecule has 0 aliphatic heterocycles. The molecule has 1 aliphatic rings. The monoisotopic (exact) mass is 272 g/mol. The maximum Gasteiger partial charge on any atom is 0.314 e. The molecule has 6 heteroatoms. The van der Waals surface area contributed by atoms with Crippen LogP contribution in [0.3, 0.4) is 0 Å². The number of amides is 2. The van der Waals surface area contributed by atoms with E-state index in [1.54, 1.807) is 0 Å². The van der Waals surface area contributed by atoms with Gasteiger partial charge in [-0.1, -0.05) is 19.8 Å². The van der Waals surface area contributed by atoms with Crippen LogP contribution in [0.25, 0.3) is 0 Å². The van der Waals surface area contributed by atoms with Crippen molar-refractivity contribution < 1.29 is 19.8 Å². The molecule has 1 rings (SSSR count). The summed E-state index contributed by atoms with van der Waals surface area (Å²) in [7, 11) is 0. The van der Waals surface area contributed by atoms with E-state index in [1.165, 1.54) is 0 Å². The Kier molecular flexibility index (Phi) is 6.08. The molecule has 0 spiro atoms. The minimum atomic E-state index is -0.861. The van der Waals surface area contributed by atoms with Gasteiger partial charge in [-0.3, -0.25) is 4.79 Å². The third-order valence-electron chi connectivity index (χ3n) is 3.79. The molecule has 0 aromatic carbocycles. The van der Waals surface area contributed by atoms with Crippen molar-refractivity contribution >= 4 is 12.0 Å². The summed E-state index contributed by atoms with van der Waals surface area (Å²) in [6.45, 7) is 2.78. The van der Waals surface area contributed by atoms with Gasteiger partial charge in [0.15, 0.2) is 0 Å². The number of carboxylic acids is 1. The first-order valence-electron chi connectivity index (χ1n) is 6.85. The average Bonchev–Trinajstić information content (AvgIpc) is 2.36. The van der Waals surface area contributed by atoms with Gasteiger partial charge in [0.2, 0.25) is 0 Å². The van der Waals surface area contributed by atoms with Crippen molar-refractivity contribution in [1.82, 2.24) is 10.6 Å². The van der Waals surface area contributed by atoms with Crippen LogP contribution in [0.15, 0.2) is 0 Å². The highest BCUT2D eigenvalue weighted by Gasteiger charge is 2.35. The summed E-state index contributed by atoms with van der Waals surface area (Å²) in [6, 6.07) is -0.301. The van der Waals surface area contributed by atoms with Crippen LogP contribution in [0.4, 0.5) is 4.79 Å². The molecule has 1 aliphatic carbocycles. The van der Waals surface area contributed by atoms with Gasteiger partial charge in [0.05, 0.1) is 6.10 Å². The number of rotatable bonds is 6. The zero-order chi connectivity index (χ0) is 14.3. The first kappa shape index (κ1) is 15.8. The number of carbonyl (C=O) groups is 2. The van der Waals surface area contributed by atoms with Gasteiger partial charge >= 0.3 is 12.0 Å². The predicted octanol–water partition coefficient (Wildman–Crippen LogP) is 1.09. The van der Waals surface area contributed by atoms with Crippen LogP contribution in [0.2, 0.25) is 0 Å². The number of hydrogen-bond acceptors (Lipinski definition) is 3. The number of hydrogen-bond donors (Lipinski definition) is 4. The van der Waals surface area contributed by atoms with Crippen LogP contribution >= 0.6 is 0 Å². The van der Waals surface area contributed by atoms with Crippen LogP contribution in [0.5, 0.6) is 0 Å². The molecule has 6 nitrogen and oxygen atoms in total. The van der Waals surface area contributed by atoms with E-state index in [9.17, 15) is 14.7 Å². The number of aliphatic carboxylic acids is 1. The summed E-state index contributed by atoms with van der Waals surface area (Å²) in [5.74, 6) is -0.861. The van der Waals surface area contributed by atoms with E-state index in [1.807, 2.05) is 6.92 Å². The Morgan fingerprint density at radius 2 is 2.05 bits per heavy atom. The lowest BCUT2D eigenvalue weighted by Gasteiger charge is -2.38. The lowest BCUT2D eigenvalue weighted by atomic mass is 9.73. The third kappa shape index (κ3) is 5.46. The van der Waals surface area contributed by atoms with Gasteiger partial charge in [0.25, 0.3) is 0 Å². The molecule has 4 N–H and O–H groups in total. The van der Waals surface area contributed by atoms with Crippen molar-refractivity contribution in [2.75, 3.05) is 13.1 Å². The van der Waals surface area contributed by atoms with E-state index < -0.39 is 5.97 Å². The predicted molar refractivity (Wildman–Crippen MR) is 70.9 cm³/mol. The largest absolute Gasteiger partial charge is 0.481 e. The maximum absolute atomic E-state index is 11.5. The highest BCUT2D eigenvalue weighted by Crippen LogP contribution is 2.35. The molecule has 19 heavy (non-hydrogen) atoms. The van der Waals surface area contributed by atoms with E-state index in [0.717, 1.165) is 25.7 Å². The Hall–Kier alpha value is -1.30. The summed E-state index contributed by atoms with van der Waals surface area (Å²) in [5, 5.41) is 23.8. The summed E-state index contributed by atoms with van der Waals surface area (Å²) in [5.41, 5.74) is -0.253. The maximum atomic E-state index is 11.5. The first-order chi connectivity index (χ1) is 8.94. The van der Waals surface area contributed by atoms with Gasteiger partial charge in [-0.25, -0.2) is 4.79 Å². The number of carbonyl (C=O) groups excluding carboxylic acids is 1. The Morgan fingerprint density at radius 3 is 2.68 bits per heavy atom. The second kappa shape index (κ2) is 7.33. The smallest absolute Gasteiger partial charge is 0.314 e. The van der Waals surface area contributed by atoms with Crippen molar-refractivity contribution in [3.8, 4) is 0 Å². The normalized spacial score (nSPS) is 26.7. The summed E-state index contributed by atoms with van der Waals surface area (Å²) < 4.78 is 0. The fourth-order valence-electron chi connectivity index (χ4n) is 2.37. The van der Waals surface area contributed by atoms with Crippen LogP contribution in [0.1, 0.15) is 45.4 Å². The third-order valence-corrected chi connectivity index (χ3v) is 3.79. The number of urea groups is 1. The Balaban J connectivity index is 2.20. The van der Waals surface area contributed by atoms with E-state index in [-0.39, 0.29) is 24.0 Å². The molecular weight excluding hydrogens is 248 g/mol. The molecule has 110 valence electrons. The second-order valence-corrected chi connectivity index (χ2v) is 5.52. The molecule has 0 aromatic rings. The van der Waals surface area contributed by atoms with Crippen molar-refractivity contribution in [3.05, 3.63) is 0 Å². The van der Waals surface area contributed by atoms with E-state index in [4.69, 9.17) is 5.11 Å². The van der Waals surface area contributed by atoms with Gasteiger partial charge in [0, 0.05) is 24.9 Å². The molecule has 0 bridgehead atoms. The summed E-state index contributed by atoms with van der Waals surface area (Å²) >= 11 is 0. The molecular formula is C13H24N2O4. The molecule has 0 radical (unpaired) electrons. The van der Waals surface area contributed by atoms with Crippen molar-refractivity contribution in [3.63, 3.8) is 0 Å². The lowest BCUT2D eigenvalue weighted by Crippen LogP contribution is -2.47. The molecule has 0 heterocycles. The Morgan fingerprint density at radius 1 is 1.32 bits per heavy atom. The quantitative estimate of drug-likeness (QED) is 0.544. The van der Waals surface area contributed by atoms with E-state index >= 15 is 0 Å². The fourth-order valence-corrected chi connectivity index (χ4v) is 2.37. The van der Waals surface area contributed by atoms with Crippen LogP contribution in [-0.4, -0.2) is 41.4 Å². The van der Waals surface area contributed by atoms with Crippen LogP contribution in [-0.2, 0) is 4.79 Å². The second-order valence-electron chi connectivity index (χ2n) is 5.52. The molecule has 2 amide bonds. The number of nitrogens with one attached hydrogen (secondary N) is 2. The van der Waals surface area contributed by atoms with E-state index in [0.29, 0.717) is 19.5 Å². The van der Waals surface area contributed by atoms with Gasteiger partial charge in [-0.15, -0.1) is 0 Å². The fraction of sp³-hybridized carbons (Fsp3) is 0.846. The molecule has 0 aromatic heterocycles.